The summed E-state index contributed by atoms with van der Waals surface area (Å²) in [7, 11) is 0. The van der Waals surface area contributed by atoms with E-state index in [1.54, 1.807) is 0 Å². The quantitative estimate of drug-likeness (QED) is 0.517. The van der Waals surface area contributed by atoms with Gasteiger partial charge in [0.1, 0.15) is 0 Å². The fraction of sp³-hybridized carbons (Fsp3) is 0.0714. The fourth-order valence-corrected chi connectivity index (χ4v) is 3.65. The summed E-state index contributed by atoms with van der Waals surface area (Å²) in [6, 6.07) is 18.0. The van der Waals surface area contributed by atoms with E-state index in [-0.39, 0.29) is 0 Å². The van der Waals surface area contributed by atoms with Gasteiger partial charge < -0.3 is 5.73 Å². The first kappa shape index (κ1) is 13.2. The zero-order valence-corrected chi connectivity index (χ0v) is 12.3. The van der Waals surface area contributed by atoms with Gasteiger partial charge in [0.2, 0.25) is 5.96 Å². The lowest BCUT2D eigenvalue weighted by Gasteiger charge is -2.16. The smallest absolute Gasteiger partial charge is 0.205 e. The standard InChI is InChI=1S/C14H14N4S2/c15-14(16-11-6-2-1-3-7-11)17-20-18-10-19-13-9-5-4-8-12(13)18/h1-9H,10H2,(H3,15,16,17). The first-order chi connectivity index (χ1) is 9.83. The minimum atomic E-state index is 0.399. The minimum Gasteiger partial charge on any atom is -0.369 e. The molecule has 0 spiro atoms. The molecule has 2 aromatic rings. The van der Waals surface area contributed by atoms with Gasteiger partial charge >= 0.3 is 0 Å². The number of nitrogens with one attached hydrogen (secondary N) is 1. The molecule has 0 aliphatic carbocycles. The second-order valence-corrected chi connectivity index (χ2v) is 5.96. The summed E-state index contributed by atoms with van der Waals surface area (Å²) in [6.07, 6.45) is 0. The highest BCUT2D eigenvalue weighted by Gasteiger charge is 2.19. The molecular weight excluding hydrogens is 288 g/mol. The maximum atomic E-state index is 5.89. The molecule has 20 heavy (non-hydrogen) atoms. The summed E-state index contributed by atoms with van der Waals surface area (Å²) < 4.78 is 5.23. The van der Waals surface area contributed by atoms with E-state index in [2.05, 4.69) is 32.2 Å². The van der Waals surface area contributed by atoms with Gasteiger partial charge in [0, 0.05) is 4.90 Å². The van der Waals surface area contributed by atoms with Gasteiger partial charge in [0.05, 0.1) is 29.4 Å². The van der Waals surface area contributed by atoms with Crippen molar-refractivity contribution in [3.8, 4) is 0 Å². The van der Waals surface area contributed by atoms with Crippen LogP contribution in [0.4, 0.5) is 11.4 Å². The molecule has 0 radical (unpaired) electrons. The molecule has 0 saturated carbocycles. The van der Waals surface area contributed by atoms with Crippen molar-refractivity contribution in [2.75, 3.05) is 10.2 Å². The van der Waals surface area contributed by atoms with Gasteiger partial charge in [-0.3, -0.25) is 9.03 Å². The van der Waals surface area contributed by atoms with Crippen molar-refractivity contribution in [1.29, 1.82) is 0 Å². The van der Waals surface area contributed by atoms with Crippen LogP contribution in [-0.4, -0.2) is 11.8 Å². The molecule has 2 aromatic carbocycles. The lowest BCUT2D eigenvalue weighted by atomic mass is 10.3. The predicted octanol–water partition coefficient (Wildman–Crippen LogP) is 3.36. The molecule has 1 aliphatic rings. The summed E-state index contributed by atoms with van der Waals surface area (Å²) in [6.45, 7) is 0. The number of anilines is 1. The highest BCUT2D eigenvalue weighted by molar-refractivity contribution is 8.04. The number of hydrogen-bond acceptors (Lipinski definition) is 4. The number of nitrogens with zero attached hydrogens (tertiary/aromatic N) is 2. The van der Waals surface area contributed by atoms with E-state index in [9.17, 15) is 0 Å². The van der Waals surface area contributed by atoms with Crippen LogP contribution in [0.3, 0.4) is 0 Å². The van der Waals surface area contributed by atoms with Crippen molar-refractivity contribution in [2.45, 2.75) is 4.90 Å². The third kappa shape index (κ3) is 3.02. The number of aliphatic imine (C=N–C) groups is 1. The maximum absolute atomic E-state index is 5.89. The maximum Gasteiger partial charge on any atom is 0.205 e. The Kier molecular flexibility index (Phi) is 4.03. The van der Waals surface area contributed by atoms with Gasteiger partial charge in [-0.1, -0.05) is 30.3 Å². The third-order valence-corrected chi connectivity index (χ3v) is 4.79. The number of benzene rings is 2. The van der Waals surface area contributed by atoms with Crippen LogP contribution in [0.25, 0.3) is 0 Å². The lowest BCUT2D eigenvalue weighted by Crippen LogP contribution is -2.29. The monoisotopic (exact) mass is 302 g/mol. The van der Waals surface area contributed by atoms with E-state index >= 15 is 0 Å². The van der Waals surface area contributed by atoms with Gasteiger partial charge in [0.25, 0.3) is 0 Å². The Hall–Kier alpha value is -1.79. The van der Waals surface area contributed by atoms with Gasteiger partial charge in [0.15, 0.2) is 0 Å². The molecule has 0 atom stereocenters. The normalized spacial score (nSPS) is 14.2. The molecule has 0 saturated heterocycles. The Labute approximate surface area is 126 Å². The molecule has 1 heterocycles. The van der Waals surface area contributed by atoms with Gasteiger partial charge in [-0.2, -0.15) is 0 Å². The average Bonchev–Trinajstić information content (AvgIpc) is 2.89. The zero-order valence-electron chi connectivity index (χ0n) is 10.7. The second-order valence-electron chi connectivity index (χ2n) is 4.15. The van der Waals surface area contributed by atoms with Crippen molar-refractivity contribution in [2.24, 2.45) is 10.7 Å². The van der Waals surface area contributed by atoms with Crippen LogP contribution in [-0.2, 0) is 0 Å². The summed E-state index contributed by atoms with van der Waals surface area (Å²) >= 11 is 3.28. The number of nitrogens with two attached hydrogens (primary N) is 1. The number of thioether (sulfide) groups is 1. The van der Waals surface area contributed by atoms with Crippen LogP contribution < -0.4 is 14.8 Å². The molecular formula is C14H14N4S2. The van der Waals surface area contributed by atoms with E-state index in [1.165, 1.54) is 22.7 Å². The number of guanidine groups is 1. The lowest BCUT2D eigenvalue weighted by molar-refractivity contribution is 1.27. The van der Waals surface area contributed by atoms with Crippen LogP contribution in [0, 0.1) is 0 Å². The second kappa shape index (κ2) is 6.11. The largest absolute Gasteiger partial charge is 0.369 e. The SMILES string of the molecule is NC(=Nc1ccccc1)NSN1CSc2ccccc21. The first-order valence-corrected chi connectivity index (χ1v) is 7.90. The van der Waals surface area contributed by atoms with Gasteiger partial charge in [-0.15, -0.1) is 11.8 Å². The fourth-order valence-electron chi connectivity index (χ4n) is 1.82. The highest BCUT2D eigenvalue weighted by Crippen LogP contribution is 2.40. The summed E-state index contributed by atoms with van der Waals surface area (Å²) in [5.74, 6) is 1.30. The average molecular weight is 302 g/mol. The van der Waals surface area contributed by atoms with E-state index in [1.807, 2.05) is 48.2 Å². The Balaban J connectivity index is 1.62. The molecule has 102 valence electrons. The Morgan fingerprint density at radius 2 is 1.90 bits per heavy atom. The molecule has 1 aliphatic heterocycles. The minimum absolute atomic E-state index is 0.399. The molecule has 3 N–H and O–H groups in total. The highest BCUT2D eigenvalue weighted by atomic mass is 32.2. The van der Waals surface area contributed by atoms with Crippen molar-refractivity contribution in [1.82, 2.24) is 4.72 Å². The van der Waals surface area contributed by atoms with Crippen LogP contribution in [0.15, 0.2) is 64.5 Å². The summed E-state index contributed by atoms with van der Waals surface area (Å²) in [5.41, 5.74) is 7.94. The molecule has 6 heteroatoms. The summed E-state index contributed by atoms with van der Waals surface area (Å²) in [5, 5.41) is 0. The molecule has 0 bridgehead atoms. The topological polar surface area (TPSA) is 53.6 Å². The molecule has 4 nitrogen and oxygen atoms in total. The number of para-hydroxylation sites is 2. The Morgan fingerprint density at radius 1 is 1.15 bits per heavy atom. The summed E-state index contributed by atoms with van der Waals surface area (Å²) in [4.78, 5) is 5.60. The van der Waals surface area contributed by atoms with E-state index in [4.69, 9.17) is 5.73 Å². The van der Waals surface area contributed by atoms with Crippen molar-refractivity contribution >= 4 is 41.2 Å². The molecule has 0 aromatic heterocycles. The van der Waals surface area contributed by atoms with Crippen molar-refractivity contribution in [3.63, 3.8) is 0 Å². The molecule has 0 fully saturated rings. The number of rotatable bonds is 3. The van der Waals surface area contributed by atoms with Crippen LogP contribution in [0.2, 0.25) is 0 Å². The third-order valence-electron chi connectivity index (χ3n) is 2.74. The Bertz CT molecular complexity index is 616. The predicted molar refractivity (Wildman–Crippen MR) is 88.1 cm³/mol. The van der Waals surface area contributed by atoms with Crippen molar-refractivity contribution < 1.29 is 0 Å². The first-order valence-electron chi connectivity index (χ1n) is 6.14. The van der Waals surface area contributed by atoms with Crippen LogP contribution in [0.1, 0.15) is 0 Å². The number of fused-ring (bicyclic) bond motifs is 1. The molecule has 0 unspecified atom stereocenters. The number of hydrogen-bond donors (Lipinski definition) is 2. The van der Waals surface area contributed by atoms with Gasteiger partial charge in [-0.05, 0) is 24.3 Å². The van der Waals surface area contributed by atoms with E-state index in [0.29, 0.717) is 5.96 Å². The van der Waals surface area contributed by atoms with Crippen LogP contribution in [0.5, 0.6) is 0 Å². The zero-order chi connectivity index (χ0) is 13.8. The molecule has 0 amide bonds. The Morgan fingerprint density at radius 3 is 2.75 bits per heavy atom. The molecule has 3 rings (SSSR count). The van der Waals surface area contributed by atoms with Crippen LogP contribution >= 0.6 is 23.9 Å². The van der Waals surface area contributed by atoms with E-state index < -0.39 is 0 Å². The van der Waals surface area contributed by atoms with E-state index in [0.717, 1.165) is 11.6 Å². The van der Waals surface area contributed by atoms with Gasteiger partial charge in [-0.25, -0.2) is 4.99 Å². The van der Waals surface area contributed by atoms with Crippen molar-refractivity contribution in [3.05, 3.63) is 54.6 Å².